The maximum absolute atomic E-state index is 10.6. The van der Waals surface area contributed by atoms with Gasteiger partial charge in [-0.15, -0.1) is 0 Å². The molecule has 0 heterocycles. The molecule has 0 spiro atoms. The van der Waals surface area contributed by atoms with Crippen LogP contribution in [0.1, 0.15) is 13.3 Å². The van der Waals surface area contributed by atoms with Gasteiger partial charge in [0.25, 0.3) is 0 Å². The minimum atomic E-state index is -0.701. The molecule has 0 saturated heterocycles. The SMILES string of the molecule is C=CC(=CC(O)/C=C\CC(C)=O)COC. The van der Waals surface area contributed by atoms with Crippen molar-refractivity contribution in [2.75, 3.05) is 13.7 Å². The molecule has 0 rings (SSSR count). The third-order valence-electron chi connectivity index (χ3n) is 1.70. The van der Waals surface area contributed by atoms with E-state index in [4.69, 9.17) is 4.74 Å². The van der Waals surface area contributed by atoms with Crippen molar-refractivity contribution in [1.82, 2.24) is 0 Å². The molecule has 15 heavy (non-hydrogen) atoms. The lowest BCUT2D eigenvalue weighted by molar-refractivity contribution is -0.116. The quantitative estimate of drug-likeness (QED) is 0.513. The molecule has 1 unspecified atom stereocenters. The lowest BCUT2D eigenvalue weighted by Crippen LogP contribution is -2.01. The number of methoxy groups -OCH3 is 1. The van der Waals surface area contributed by atoms with Gasteiger partial charge in [-0.25, -0.2) is 0 Å². The highest BCUT2D eigenvalue weighted by Crippen LogP contribution is 2.01. The highest BCUT2D eigenvalue weighted by molar-refractivity contribution is 5.76. The van der Waals surface area contributed by atoms with E-state index in [9.17, 15) is 9.90 Å². The minimum Gasteiger partial charge on any atom is -0.385 e. The topological polar surface area (TPSA) is 46.5 Å². The van der Waals surface area contributed by atoms with Crippen LogP contribution in [0.25, 0.3) is 0 Å². The lowest BCUT2D eigenvalue weighted by Gasteiger charge is -2.03. The number of ketones is 1. The maximum Gasteiger partial charge on any atom is 0.133 e. The van der Waals surface area contributed by atoms with Crippen molar-refractivity contribution in [2.45, 2.75) is 19.4 Å². The first kappa shape index (κ1) is 13.8. The van der Waals surface area contributed by atoms with Gasteiger partial charge in [-0.2, -0.15) is 0 Å². The summed E-state index contributed by atoms with van der Waals surface area (Å²) in [5.74, 6) is 0.0725. The number of aliphatic hydroxyl groups is 1. The van der Waals surface area contributed by atoms with Gasteiger partial charge in [0.15, 0.2) is 0 Å². The number of hydrogen-bond acceptors (Lipinski definition) is 3. The van der Waals surface area contributed by atoms with Gasteiger partial charge in [0, 0.05) is 13.5 Å². The normalized spacial score (nSPS) is 14.2. The molecule has 0 amide bonds. The molecule has 0 aliphatic carbocycles. The van der Waals surface area contributed by atoms with Crippen LogP contribution in [0, 0.1) is 0 Å². The van der Waals surface area contributed by atoms with E-state index >= 15 is 0 Å². The summed E-state index contributed by atoms with van der Waals surface area (Å²) in [6.07, 6.45) is 6.13. The molecule has 0 saturated carbocycles. The first-order chi connectivity index (χ1) is 7.10. The fraction of sp³-hybridized carbons (Fsp3) is 0.417. The average molecular weight is 210 g/mol. The fourth-order valence-corrected chi connectivity index (χ4v) is 0.990. The van der Waals surface area contributed by atoms with Gasteiger partial charge >= 0.3 is 0 Å². The number of hydrogen-bond donors (Lipinski definition) is 1. The summed E-state index contributed by atoms with van der Waals surface area (Å²) in [6.45, 7) is 5.53. The van der Waals surface area contributed by atoms with Crippen LogP contribution < -0.4 is 0 Å². The van der Waals surface area contributed by atoms with Crippen molar-refractivity contribution in [1.29, 1.82) is 0 Å². The van der Waals surface area contributed by atoms with Crippen LogP contribution in [0.15, 0.2) is 36.5 Å². The van der Waals surface area contributed by atoms with E-state index in [1.807, 2.05) is 0 Å². The van der Waals surface area contributed by atoms with Gasteiger partial charge in [0.2, 0.25) is 0 Å². The number of ether oxygens (including phenoxy) is 1. The van der Waals surface area contributed by atoms with Crippen molar-refractivity contribution in [2.24, 2.45) is 0 Å². The molecular formula is C12H18O3. The maximum atomic E-state index is 10.6. The number of carbonyl (C=O) groups excluding carboxylic acids is 1. The zero-order valence-electron chi connectivity index (χ0n) is 9.27. The first-order valence-electron chi connectivity index (χ1n) is 4.76. The van der Waals surface area contributed by atoms with Crippen LogP contribution in [0.2, 0.25) is 0 Å². The molecule has 1 atom stereocenters. The van der Waals surface area contributed by atoms with Crippen molar-refractivity contribution in [3.8, 4) is 0 Å². The smallest absolute Gasteiger partial charge is 0.133 e. The zero-order chi connectivity index (χ0) is 11.7. The monoisotopic (exact) mass is 210 g/mol. The second kappa shape index (κ2) is 8.15. The van der Waals surface area contributed by atoms with Gasteiger partial charge in [-0.1, -0.05) is 24.8 Å². The Bertz CT molecular complexity index is 264. The molecule has 84 valence electrons. The summed E-state index contributed by atoms with van der Waals surface area (Å²) in [6, 6.07) is 0. The Labute approximate surface area is 90.8 Å². The largest absolute Gasteiger partial charge is 0.385 e. The predicted octanol–water partition coefficient (Wildman–Crippen LogP) is 1.64. The third-order valence-corrected chi connectivity index (χ3v) is 1.70. The van der Waals surface area contributed by atoms with Gasteiger partial charge in [-0.3, -0.25) is 4.79 Å². The molecule has 0 aromatic rings. The molecule has 0 aromatic heterocycles. The molecular weight excluding hydrogens is 192 g/mol. The van der Waals surface area contributed by atoms with Crippen LogP contribution in [0.3, 0.4) is 0 Å². The zero-order valence-corrected chi connectivity index (χ0v) is 9.27. The summed E-state index contributed by atoms with van der Waals surface area (Å²) in [5.41, 5.74) is 0.817. The summed E-state index contributed by atoms with van der Waals surface area (Å²) in [4.78, 5) is 10.6. The van der Waals surface area contributed by atoms with Crippen molar-refractivity contribution < 1.29 is 14.6 Å². The molecule has 1 N–H and O–H groups in total. The van der Waals surface area contributed by atoms with E-state index in [0.717, 1.165) is 5.57 Å². The molecule has 3 nitrogen and oxygen atoms in total. The predicted molar refractivity (Wildman–Crippen MR) is 60.6 cm³/mol. The summed E-state index contributed by atoms with van der Waals surface area (Å²) in [5, 5.41) is 9.51. The Morgan fingerprint density at radius 3 is 2.73 bits per heavy atom. The molecule has 0 radical (unpaired) electrons. The van der Waals surface area contributed by atoms with E-state index in [2.05, 4.69) is 6.58 Å². The van der Waals surface area contributed by atoms with E-state index < -0.39 is 6.10 Å². The standard InChI is InChI=1S/C12H18O3/c1-4-11(9-15-3)8-12(14)7-5-6-10(2)13/h4-5,7-8,12,14H,1,6,9H2,2-3H3/b7-5-,11-8?. The summed E-state index contributed by atoms with van der Waals surface area (Å²) in [7, 11) is 1.58. The van der Waals surface area contributed by atoms with E-state index in [0.29, 0.717) is 13.0 Å². The molecule has 0 aliphatic rings. The molecule has 0 fully saturated rings. The Morgan fingerprint density at radius 1 is 1.60 bits per heavy atom. The van der Waals surface area contributed by atoms with Crippen molar-refractivity contribution in [3.05, 3.63) is 36.5 Å². The molecule has 0 bridgehead atoms. The molecule has 0 aliphatic heterocycles. The molecule has 3 heteroatoms. The Hall–Kier alpha value is -1.19. The highest BCUT2D eigenvalue weighted by atomic mass is 16.5. The summed E-state index contributed by atoms with van der Waals surface area (Å²) >= 11 is 0. The highest BCUT2D eigenvalue weighted by Gasteiger charge is 1.97. The van der Waals surface area contributed by atoms with Crippen LogP contribution >= 0.6 is 0 Å². The van der Waals surface area contributed by atoms with Gasteiger partial charge in [0.05, 0.1) is 12.7 Å². The van der Waals surface area contributed by atoms with E-state index in [1.165, 1.54) is 6.92 Å². The lowest BCUT2D eigenvalue weighted by atomic mass is 10.2. The number of carbonyl (C=O) groups is 1. The molecule has 0 aromatic carbocycles. The second-order valence-corrected chi connectivity index (χ2v) is 3.20. The van der Waals surface area contributed by atoms with Crippen LogP contribution in [0.4, 0.5) is 0 Å². The second-order valence-electron chi connectivity index (χ2n) is 3.20. The Kier molecular flexibility index (Phi) is 7.50. The Balaban J connectivity index is 4.19. The minimum absolute atomic E-state index is 0.0725. The van der Waals surface area contributed by atoms with Crippen LogP contribution in [-0.4, -0.2) is 30.7 Å². The van der Waals surface area contributed by atoms with Gasteiger partial charge < -0.3 is 9.84 Å². The number of Topliss-reactive ketones (excluding diaryl/α,β-unsaturated/α-hetero) is 1. The average Bonchev–Trinajstić information content (AvgIpc) is 2.16. The number of rotatable bonds is 7. The van der Waals surface area contributed by atoms with E-state index in [1.54, 1.807) is 31.4 Å². The van der Waals surface area contributed by atoms with Crippen molar-refractivity contribution >= 4 is 5.78 Å². The van der Waals surface area contributed by atoms with Gasteiger partial charge in [-0.05, 0) is 18.6 Å². The fourth-order valence-electron chi connectivity index (χ4n) is 0.990. The number of aliphatic hydroxyl groups excluding tert-OH is 1. The van der Waals surface area contributed by atoms with Gasteiger partial charge in [0.1, 0.15) is 5.78 Å². The van der Waals surface area contributed by atoms with Crippen molar-refractivity contribution in [3.63, 3.8) is 0 Å². The van der Waals surface area contributed by atoms with E-state index in [-0.39, 0.29) is 5.78 Å². The number of allylic oxidation sites excluding steroid dienone is 1. The van der Waals surface area contributed by atoms with Crippen LogP contribution in [0.5, 0.6) is 0 Å². The van der Waals surface area contributed by atoms with Crippen LogP contribution in [-0.2, 0) is 9.53 Å². The third kappa shape index (κ3) is 7.85. The first-order valence-corrected chi connectivity index (χ1v) is 4.76. The Morgan fingerprint density at radius 2 is 2.27 bits per heavy atom. The summed E-state index contributed by atoms with van der Waals surface area (Å²) < 4.78 is 4.91.